The summed E-state index contributed by atoms with van der Waals surface area (Å²) >= 11 is 0. The number of nitrogens with zero attached hydrogens (tertiary/aromatic N) is 9. The third-order valence-electron chi connectivity index (χ3n) is 8.10. The molecule has 9 heteroatoms. The highest BCUT2D eigenvalue weighted by Crippen LogP contribution is 2.45. The average Bonchev–Trinajstić information content (AvgIpc) is 3.14. The summed E-state index contributed by atoms with van der Waals surface area (Å²) in [5.41, 5.74) is 5.87. The van der Waals surface area contributed by atoms with E-state index in [1.54, 1.807) is 18.6 Å². The maximum Gasteiger partial charge on any atom is 0.200 e. The Bertz CT molecular complexity index is 2350. The Morgan fingerprint density at radius 3 is 1.37 bits per heavy atom. The molecule has 0 saturated heterocycles. The molecule has 4 heterocycles. The second kappa shape index (κ2) is 10.5. The number of aromatic nitrogens is 9. The predicted molar refractivity (Wildman–Crippen MR) is 178 cm³/mol. The molecule has 4 aromatic heterocycles. The van der Waals surface area contributed by atoms with Gasteiger partial charge in [0.05, 0.1) is 28.6 Å². The van der Waals surface area contributed by atoms with Gasteiger partial charge in [0.1, 0.15) is 18.3 Å². The van der Waals surface area contributed by atoms with Gasteiger partial charge in [-0.3, -0.25) is 4.98 Å². The number of rotatable bonds is 4. The zero-order valence-corrected chi connectivity index (χ0v) is 24.1. The zero-order chi connectivity index (χ0) is 30.5. The standard InChI is InChI=1S/C37H21N9/c1-3-11-24-22(9-1)31(33-26-13-5-7-15-28(26)43-35(45-33)30-19-38-17-18-40-30)23-10-2-4-12-25(23)32(24)34-27-14-6-8-16-29(27)44-37(46-34)36-41-20-39-21-42-36/h1-21H. The molecule has 0 unspecified atom stereocenters. The van der Waals surface area contributed by atoms with Crippen LogP contribution in [0.3, 0.4) is 0 Å². The van der Waals surface area contributed by atoms with Crippen LogP contribution in [0.4, 0.5) is 0 Å². The number of para-hydroxylation sites is 2. The van der Waals surface area contributed by atoms with Crippen LogP contribution in [0, 0.1) is 0 Å². The first-order chi connectivity index (χ1) is 22.8. The summed E-state index contributed by atoms with van der Waals surface area (Å²) in [6.07, 6.45) is 7.92. The van der Waals surface area contributed by atoms with Crippen molar-refractivity contribution in [2.75, 3.05) is 0 Å². The van der Waals surface area contributed by atoms with E-state index in [1.165, 1.54) is 12.7 Å². The first-order valence-corrected chi connectivity index (χ1v) is 14.7. The molecule has 0 N–H and O–H groups in total. The molecule has 0 spiro atoms. The van der Waals surface area contributed by atoms with E-state index in [2.05, 4.69) is 85.6 Å². The molecular formula is C37H21N9. The van der Waals surface area contributed by atoms with Gasteiger partial charge in [0.15, 0.2) is 11.6 Å². The molecule has 0 aliphatic carbocycles. The van der Waals surface area contributed by atoms with Crippen molar-refractivity contribution < 1.29 is 0 Å². The minimum absolute atomic E-state index is 0.413. The molecule has 0 aliphatic rings. The Labute approximate surface area is 261 Å². The minimum atomic E-state index is 0.413. The van der Waals surface area contributed by atoms with Gasteiger partial charge in [-0.05, 0) is 33.7 Å². The van der Waals surface area contributed by atoms with Crippen LogP contribution in [0.25, 0.3) is 89.0 Å². The van der Waals surface area contributed by atoms with E-state index in [9.17, 15) is 0 Å². The van der Waals surface area contributed by atoms with Gasteiger partial charge in [0.25, 0.3) is 0 Å². The minimum Gasteiger partial charge on any atom is -0.261 e. The molecule has 0 fully saturated rings. The van der Waals surface area contributed by atoms with E-state index in [0.717, 1.165) is 65.9 Å². The van der Waals surface area contributed by atoms with Crippen LogP contribution >= 0.6 is 0 Å². The summed E-state index contributed by atoms with van der Waals surface area (Å²) in [4.78, 5) is 41.5. The normalized spacial score (nSPS) is 11.5. The lowest BCUT2D eigenvalue weighted by molar-refractivity contribution is 1.02. The van der Waals surface area contributed by atoms with Gasteiger partial charge < -0.3 is 0 Å². The third kappa shape index (κ3) is 4.14. The number of hydrogen-bond acceptors (Lipinski definition) is 9. The van der Waals surface area contributed by atoms with E-state index in [0.29, 0.717) is 23.2 Å². The lowest BCUT2D eigenvalue weighted by Crippen LogP contribution is -2.01. The molecule has 5 aromatic carbocycles. The molecule has 0 radical (unpaired) electrons. The molecule has 9 rings (SSSR count). The van der Waals surface area contributed by atoms with E-state index >= 15 is 0 Å². The molecule has 0 amide bonds. The molecule has 0 aliphatic heterocycles. The maximum atomic E-state index is 5.19. The largest absolute Gasteiger partial charge is 0.261 e. The van der Waals surface area contributed by atoms with Crippen LogP contribution in [0.2, 0.25) is 0 Å². The van der Waals surface area contributed by atoms with Gasteiger partial charge in [-0.25, -0.2) is 39.9 Å². The highest BCUT2D eigenvalue weighted by atomic mass is 15.0. The summed E-state index contributed by atoms with van der Waals surface area (Å²) in [6.45, 7) is 0. The number of hydrogen-bond donors (Lipinski definition) is 0. The van der Waals surface area contributed by atoms with E-state index in [-0.39, 0.29) is 0 Å². The van der Waals surface area contributed by atoms with Crippen molar-refractivity contribution in [3.63, 3.8) is 0 Å². The Kier molecular flexibility index (Phi) is 5.92. The second-order valence-corrected chi connectivity index (χ2v) is 10.7. The first kappa shape index (κ1) is 25.8. The predicted octanol–water partition coefficient (Wildman–Crippen LogP) is 7.52. The van der Waals surface area contributed by atoms with Crippen molar-refractivity contribution in [3.05, 3.63) is 128 Å². The fraction of sp³-hybridized carbons (Fsp3) is 0. The first-order valence-electron chi connectivity index (χ1n) is 14.7. The van der Waals surface area contributed by atoms with Crippen LogP contribution in [-0.4, -0.2) is 44.9 Å². The van der Waals surface area contributed by atoms with Crippen molar-refractivity contribution in [2.24, 2.45) is 0 Å². The van der Waals surface area contributed by atoms with Gasteiger partial charge in [-0.15, -0.1) is 0 Å². The SMILES string of the molecule is c1ccc2c(-c3c4ccccc4c(-c4nc(-c5ncncn5)nc5ccccc45)c4ccccc34)nc(-c3cnccn3)nc2c1. The van der Waals surface area contributed by atoms with E-state index < -0.39 is 0 Å². The average molecular weight is 592 g/mol. The highest BCUT2D eigenvalue weighted by molar-refractivity contribution is 6.24. The third-order valence-corrected chi connectivity index (χ3v) is 8.10. The Hall–Kier alpha value is -6.61. The summed E-state index contributed by atoms with van der Waals surface area (Å²) in [7, 11) is 0. The van der Waals surface area contributed by atoms with Crippen molar-refractivity contribution in [2.45, 2.75) is 0 Å². The molecule has 46 heavy (non-hydrogen) atoms. The van der Waals surface area contributed by atoms with E-state index in [1.807, 2.05) is 36.4 Å². The maximum absolute atomic E-state index is 5.19. The van der Waals surface area contributed by atoms with Crippen LogP contribution in [0.15, 0.2) is 128 Å². The highest BCUT2D eigenvalue weighted by Gasteiger charge is 2.23. The molecule has 214 valence electrons. The Balaban J connectivity index is 1.43. The number of fused-ring (bicyclic) bond motifs is 4. The lowest BCUT2D eigenvalue weighted by atomic mass is 9.87. The Morgan fingerprint density at radius 1 is 0.370 bits per heavy atom. The summed E-state index contributed by atoms with van der Waals surface area (Å²) < 4.78 is 0. The zero-order valence-electron chi connectivity index (χ0n) is 24.1. The van der Waals surface area contributed by atoms with Crippen molar-refractivity contribution in [1.82, 2.24) is 44.9 Å². The quantitative estimate of drug-likeness (QED) is 0.192. The van der Waals surface area contributed by atoms with Gasteiger partial charge in [-0.1, -0.05) is 84.9 Å². The fourth-order valence-electron chi connectivity index (χ4n) is 6.16. The topological polar surface area (TPSA) is 116 Å². The van der Waals surface area contributed by atoms with E-state index in [4.69, 9.17) is 19.9 Å². The van der Waals surface area contributed by atoms with Gasteiger partial charge in [0, 0.05) is 34.3 Å². The fourth-order valence-corrected chi connectivity index (χ4v) is 6.16. The molecule has 9 aromatic rings. The molecule has 0 atom stereocenters. The molecule has 0 saturated carbocycles. The van der Waals surface area contributed by atoms with Crippen LogP contribution in [0.1, 0.15) is 0 Å². The van der Waals surface area contributed by atoms with Crippen molar-refractivity contribution in [3.8, 4) is 45.7 Å². The Morgan fingerprint density at radius 2 is 0.848 bits per heavy atom. The van der Waals surface area contributed by atoms with Crippen LogP contribution < -0.4 is 0 Å². The van der Waals surface area contributed by atoms with Crippen molar-refractivity contribution >= 4 is 43.4 Å². The van der Waals surface area contributed by atoms with Crippen LogP contribution in [0.5, 0.6) is 0 Å². The summed E-state index contributed by atoms with van der Waals surface area (Å²) in [5, 5.41) is 6.02. The number of benzene rings is 5. The molecular weight excluding hydrogens is 570 g/mol. The smallest absolute Gasteiger partial charge is 0.200 e. The molecule has 0 bridgehead atoms. The second-order valence-electron chi connectivity index (χ2n) is 10.7. The van der Waals surface area contributed by atoms with Gasteiger partial charge >= 0.3 is 0 Å². The monoisotopic (exact) mass is 591 g/mol. The summed E-state index contributed by atoms with van der Waals surface area (Å²) in [6, 6.07) is 33.0. The van der Waals surface area contributed by atoms with Crippen molar-refractivity contribution in [1.29, 1.82) is 0 Å². The molecule has 9 nitrogen and oxygen atoms in total. The van der Waals surface area contributed by atoms with Gasteiger partial charge in [-0.2, -0.15) is 0 Å². The van der Waals surface area contributed by atoms with Gasteiger partial charge in [0.2, 0.25) is 5.82 Å². The lowest BCUT2D eigenvalue weighted by Gasteiger charge is -2.19. The van der Waals surface area contributed by atoms with Crippen LogP contribution in [-0.2, 0) is 0 Å². The summed E-state index contributed by atoms with van der Waals surface area (Å²) in [5.74, 6) is 1.36.